The van der Waals surface area contributed by atoms with Crippen LogP contribution in [0.5, 0.6) is 0 Å². The van der Waals surface area contributed by atoms with Crippen molar-refractivity contribution in [3.05, 3.63) is 59.9 Å². The number of benzene rings is 1. The van der Waals surface area contributed by atoms with E-state index in [4.69, 9.17) is 0 Å². The van der Waals surface area contributed by atoms with Crippen LogP contribution in [-0.4, -0.2) is 29.8 Å². The van der Waals surface area contributed by atoms with Gasteiger partial charge in [0.15, 0.2) is 5.82 Å². The summed E-state index contributed by atoms with van der Waals surface area (Å²) in [5.74, 6) is 0.837. The average Bonchev–Trinajstić information content (AvgIpc) is 3.10. The second-order valence-electron chi connectivity index (χ2n) is 6.41. The van der Waals surface area contributed by atoms with Crippen LogP contribution >= 0.6 is 0 Å². The Morgan fingerprint density at radius 3 is 2.45 bits per heavy atom. The van der Waals surface area contributed by atoms with Crippen LogP contribution in [0.4, 0.5) is 0 Å². The van der Waals surface area contributed by atoms with Crippen molar-refractivity contribution in [2.24, 2.45) is 0 Å². The molecule has 0 saturated carbocycles. The molecule has 0 bridgehead atoms. The van der Waals surface area contributed by atoms with E-state index in [0.717, 1.165) is 18.1 Å². The smallest absolute Gasteiger partial charge is 0.155 e. The van der Waals surface area contributed by atoms with Gasteiger partial charge in [-0.15, -0.1) is 5.10 Å². The van der Waals surface area contributed by atoms with Crippen molar-refractivity contribution >= 4 is 0 Å². The largest absolute Gasteiger partial charge is 0.248 e. The second-order valence-corrected chi connectivity index (χ2v) is 6.41. The molecule has 3 aromatic rings. The molecule has 6 heteroatoms. The van der Waals surface area contributed by atoms with Gasteiger partial charge in [0.2, 0.25) is 0 Å². The van der Waals surface area contributed by atoms with E-state index in [2.05, 4.69) is 53.3 Å². The van der Waals surface area contributed by atoms with Crippen LogP contribution in [0.3, 0.4) is 0 Å². The van der Waals surface area contributed by atoms with Crippen molar-refractivity contribution in [3.8, 4) is 0 Å². The van der Waals surface area contributed by atoms with E-state index in [1.165, 1.54) is 5.56 Å². The quantitative estimate of drug-likeness (QED) is 0.741. The Balaban J connectivity index is 1.68. The Hall–Kier alpha value is -2.50. The molecule has 0 aliphatic heterocycles. The highest BCUT2D eigenvalue weighted by Gasteiger charge is 2.18. The van der Waals surface area contributed by atoms with E-state index in [0.29, 0.717) is 6.54 Å². The Kier molecular flexibility index (Phi) is 3.75. The van der Waals surface area contributed by atoms with Gasteiger partial charge < -0.3 is 0 Å². The molecule has 0 radical (unpaired) electrons. The summed E-state index contributed by atoms with van der Waals surface area (Å²) in [6.07, 6.45) is 3.70. The molecule has 0 fully saturated rings. The zero-order valence-corrected chi connectivity index (χ0v) is 13.1. The highest BCUT2D eigenvalue weighted by atomic mass is 15.4. The van der Waals surface area contributed by atoms with E-state index >= 15 is 0 Å². The highest BCUT2D eigenvalue weighted by Crippen LogP contribution is 2.17. The first kappa shape index (κ1) is 14.4. The van der Waals surface area contributed by atoms with Gasteiger partial charge in [-0.2, -0.15) is 5.10 Å². The van der Waals surface area contributed by atoms with Crippen LogP contribution in [0, 0.1) is 0 Å². The molecule has 0 saturated heterocycles. The van der Waals surface area contributed by atoms with E-state index in [9.17, 15) is 0 Å². The maximum absolute atomic E-state index is 4.50. The Morgan fingerprint density at radius 1 is 1.00 bits per heavy atom. The monoisotopic (exact) mass is 296 g/mol. The molecule has 0 aliphatic rings. The van der Waals surface area contributed by atoms with Gasteiger partial charge in [0.05, 0.1) is 19.3 Å². The lowest BCUT2D eigenvalue weighted by Gasteiger charge is -2.12. The summed E-state index contributed by atoms with van der Waals surface area (Å²) in [6.45, 7) is 7.60. The molecule has 2 heterocycles. The van der Waals surface area contributed by atoms with Crippen molar-refractivity contribution in [3.63, 3.8) is 0 Å². The maximum Gasteiger partial charge on any atom is 0.155 e. The van der Waals surface area contributed by atoms with Gasteiger partial charge in [-0.25, -0.2) is 14.3 Å². The minimum absolute atomic E-state index is 0.0455. The van der Waals surface area contributed by atoms with E-state index in [-0.39, 0.29) is 5.41 Å². The van der Waals surface area contributed by atoms with Crippen molar-refractivity contribution in [1.82, 2.24) is 29.8 Å². The molecular weight excluding hydrogens is 276 g/mol. The van der Waals surface area contributed by atoms with Gasteiger partial charge in [0.25, 0.3) is 0 Å². The van der Waals surface area contributed by atoms with Gasteiger partial charge >= 0.3 is 0 Å². The third-order valence-corrected chi connectivity index (χ3v) is 3.30. The number of rotatable bonds is 4. The first-order valence-electron chi connectivity index (χ1n) is 7.33. The van der Waals surface area contributed by atoms with Gasteiger partial charge in [-0.3, -0.25) is 0 Å². The lowest BCUT2D eigenvalue weighted by atomic mass is 9.96. The zero-order valence-electron chi connectivity index (χ0n) is 13.1. The van der Waals surface area contributed by atoms with Crippen LogP contribution < -0.4 is 0 Å². The Bertz CT molecular complexity index is 735. The molecule has 0 atom stereocenters. The fourth-order valence-corrected chi connectivity index (χ4v) is 2.14. The summed E-state index contributed by atoms with van der Waals surface area (Å²) in [6, 6.07) is 10.2. The number of aromatic nitrogens is 6. The van der Waals surface area contributed by atoms with E-state index < -0.39 is 0 Å². The fraction of sp³-hybridized carbons (Fsp3) is 0.375. The normalized spacial score (nSPS) is 11.8. The SMILES string of the molecule is CC(C)(C)c1ncn(Cc2cn(Cc3ccccc3)nn2)n1. The summed E-state index contributed by atoms with van der Waals surface area (Å²) >= 11 is 0. The molecule has 3 rings (SSSR count). The molecule has 6 nitrogen and oxygen atoms in total. The Morgan fingerprint density at radius 2 is 1.77 bits per heavy atom. The number of nitrogens with zero attached hydrogens (tertiary/aromatic N) is 6. The Labute approximate surface area is 129 Å². The summed E-state index contributed by atoms with van der Waals surface area (Å²) in [5.41, 5.74) is 2.03. The van der Waals surface area contributed by atoms with Crippen molar-refractivity contribution in [1.29, 1.82) is 0 Å². The molecule has 22 heavy (non-hydrogen) atoms. The summed E-state index contributed by atoms with van der Waals surface area (Å²) in [5, 5.41) is 12.9. The fourth-order valence-electron chi connectivity index (χ4n) is 2.14. The zero-order chi connectivity index (χ0) is 15.6. The maximum atomic E-state index is 4.50. The third-order valence-electron chi connectivity index (χ3n) is 3.30. The van der Waals surface area contributed by atoms with Crippen molar-refractivity contribution in [2.75, 3.05) is 0 Å². The third kappa shape index (κ3) is 3.39. The molecule has 0 unspecified atom stereocenters. The second kappa shape index (κ2) is 5.71. The standard InChI is InChI=1S/C16H20N6/c1-16(2,3)15-17-12-22(19-15)11-14-10-21(20-18-14)9-13-7-5-4-6-8-13/h4-8,10,12H,9,11H2,1-3H3. The molecule has 0 N–H and O–H groups in total. The van der Waals surface area contributed by atoms with Gasteiger partial charge in [-0.1, -0.05) is 56.3 Å². The molecule has 2 aromatic heterocycles. The van der Waals surface area contributed by atoms with Crippen LogP contribution in [-0.2, 0) is 18.5 Å². The predicted octanol–water partition coefficient (Wildman–Crippen LogP) is 2.26. The van der Waals surface area contributed by atoms with Crippen LogP contribution in [0.2, 0.25) is 0 Å². The van der Waals surface area contributed by atoms with Gasteiger partial charge in [-0.05, 0) is 5.56 Å². The number of hydrogen-bond donors (Lipinski definition) is 0. The first-order chi connectivity index (χ1) is 10.5. The average molecular weight is 296 g/mol. The lowest BCUT2D eigenvalue weighted by Crippen LogP contribution is -2.14. The van der Waals surface area contributed by atoms with Gasteiger partial charge in [0.1, 0.15) is 12.0 Å². The van der Waals surface area contributed by atoms with E-state index in [1.54, 1.807) is 11.0 Å². The molecule has 0 spiro atoms. The molecule has 114 valence electrons. The van der Waals surface area contributed by atoms with Crippen molar-refractivity contribution < 1.29 is 0 Å². The minimum atomic E-state index is -0.0455. The van der Waals surface area contributed by atoms with E-state index in [1.807, 2.05) is 29.1 Å². The summed E-state index contributed by atoms with van der Waals surface area (Å²) < 4.78 is 3.64. The summed E-state index contributed by atoms with van der Waals surface area (Å²) in [7, 11) is 0. The molecular formula is C16H20N6. The minimum Gasteiger partial charge on any atom is -0.248 e. The predicted molar refractivity (Wildman–Crippen MR) is 83.4 cm³/mol. The number of hydrogen-bond acceptors (Lipinski definition) is 4. The molecule has 0 amide bonds. The summed E-state index contributed by atoms with van der Waals surface area (Å²) in [4.78, 5) is 4.36. The van der Waals surface area contributed by atoms with Crippen molar-refractivity contribution in [2.45, 2.75) is 39.3 Å². The van der Waals surface area contributed by atoms with Gasteiger partial charge in [0, 0.05) is 5.41 Å². The highest BCUT2D eigenvalue weighted by molar-refractivity contribution is 5.14. The topological polar surface area (TPSA) is 61.4 Å². The first-order valence-corrected chi connectivity index (χ1v) is 7.33. The van der Waals surface area contributed by atoms with Crippen LogP contribution in [0.25, 0.3) is 0 Å². The molecule has 1 aromatic carbocycles. The lowest BCUT2D eigenvalue weighted by molar-refractivity contribution is 0.532. The molecule has 0 aliphatic carbocycles. The van der Waals surface area contributed by atoms with Crippen LogP contribution in [0.1, 0.15) is 37.9 Å². The van der Waals surface area contributed by atoms with Crippen LogP contribution in [0.15, 0.2) is 42.9 Å².